The minimum absolute atomic E-state index is 0.0979. The molecule has 2 saturated carbocycles. The van der Waals surface area contributed by atoms with Gasteiger partial charge in [0, 0.05) is 18.5 Å². The van der Waals surface area contributed by atoms with Crippen molar-refractivity contribution in [3.63, 3.8) is 0 Å². The van der Waals surface area contributed by atoms with Gasteiger partial charge < -0.3 is 25.6 Å². The van der Waals surface area contributed by atoms with Gasteiger partial charge in [-0.1, -0.05) is 50.7 Å². The van der Waals surface area contributed by atoms with E-state index in [9.17, 15) is 9.59 Å². The number of phenolic OH excluding ortho intramolecular Hbond substituents is 1. The first-order valence-electron chi connectivity index (χ1n) is 12.4. The maximum Gasteiger partial charge on any atom is 0.408 e. The summed E-state index contributed by atoms with van der Waals surface area (Å²) < 4.78 is 5.02. The lowest BCUT2D eigenvalue weighted by molar-refractivity contribution is -0.139. The SMILES string of the molecule is C1CCC(NC2CCCCC2)CC1.CC(C)(C)OC(=O)NC(Cc1ccc(O)cc1)C(=O)O. The highest BCUT2D eigenvalue weighted by molar-refractivity contribution is 5.80. The topological polar surface area (TPSA) is 108 Å². The van der Waals surface area contributed by atoms with Crippen molar-refractivity contribution < 1.29 is 24.5 Å². The van der Waals surface area contributed by atoms with Gasteiger partial charge in [-0.15, -0.1) is 0 Å². The van der Waals surface area contributed by atoms with Crippen molar-refractivity contribution in [2.24, 2.45) is 0 Å². The van der Waals surface area contributed by atoms with Crippen molar-refractivity contribution in [1.82, 2.24) is 10.6 Å². The third kappa shape index (κ3) is 11.4. The Morgan fingerprint density at radius 2 is 1.42 bits per heavy atom. The number of rotatable bonds is 6. The van der Waals surface area contributed by atoms with E-state index in [0.29, 0.717) is 5.56 Å². The highest BCUT2D eigenvalue weighted by Gasteiger charge is 2.24. The highest BCUT2D eigenvalue weighted by atomic mass is 16.6. The number of carboxylic acids is 1. The predicted octanol–water partition coefficient (Wildman–Crippen LogP) is 5.15. The van der Waals surface area contributed by atoms with Crippen LogP contribution in [0.25, 0.3) is 0 Å². The number of carbonyl (C=O) groups is 2. The van der Waals surface area contributed by atoms with Crippen LogP contribution in [0.5, 0.6) is 5.75 Å². The Kier molecular flexibility index (Phi) is 11.0. The number of alkyl carbamates (subject to hydrolysis) is 1. The third-order valence-electron chi connectivity index (χ3n) is 6.05. The summed E-state index contributed by atoms with van der Waals surface area (Å²) in [6.07, 6.45) is 13.9. The summed E-state index contributed by atoms with van der Waals surface area (Å²) in [6.45, 7) is 5.09. The zero-order chi connectivity index (χ0) is 24.3. The molecule has 1 atom stereocenters. The van der Waals surface area contributed by atoms with Gasteiger partial charge in [0.2, 0.25) is 0 Å². The molecule has 0 saturated heterocycles. The summed E-state index contributed by atoms with van der Waals surface area (Å²) >= 11 is 0. The Morgan fingerprint density at radius 1 is 0.939 bits per heavy atom. The molecule has 0 heterocycles. The number of aromatic hydroxyl groups is 1. The van der Waals surface area contributed by atoms with Crippen molar-refractivity contribution in [2.75, 3.05) is 0 Å². The first-order valence-corrected chi connectivity index (χ1v) is 12.4. The van der Waals surface area contributed by atoms with Gasteiger partial charge in [0.15, 0.2) is 0 Å². The van der Waals surface area contributed by atoms with Gasteiger partial charge in [-0.3, -0.25) is 0 Å². The van der Waals surface area contributed by atoms with Crippen molar-refractivity contribution in [3.05, 3.63) is 29.8 Å². The number of aliphatic carboxylic acids is 1. The first-order chi connectivity index (χ1) is 15.6. The molecule has 0 aliphatic heterocycles. The maximum absolute atomic E-state index is 11.6. The summed E-state index contributed by atoms with van der Waals surface area (Å²) in [5, 5.41) is 24.5. The van der Waals surface area contributed by atoms with Gasteiger partial charge in [-0.2, -0.15) is 0 Å². The average molecular weight is 463 g/mol. The van der Waals surface area contributed by atoms with Crippen molar-refractivity contribution in [1.29, 1.82) is 0 Å². The molecular weight excluding hydrogens is 420 g/mol. The molecule has 7 nitrogen and oxygen atoms in total. The molecule has 33 heavy (non-hydrogen) atoms. The molecule has 3 rings (SSSR count). The summed E-state index contributed by atoms with van der Waals surface area (Å²) in [6, 6.07) is 6.77. The molecule has 7 heteroatoms. The van der Waals surface area contributed by atoms with E-state index in [2.05, 4.69) is 10.6 Å². The van der Waals surface area contributed by atoms with Gasteiger partial charge in [-0.05, 0) is 64.2 Å². The molecule has 1 unspecified atom stereocenters. The van der Waals surface area contributed by atoms with Crippen LogP contribution in [-0.4, -0.2) is 46.0 Å². The second kappa shape index (κ2) is 13.4. The van der Waals surface area contributed by atoms with Crippen LogP contribution in [-0.2, 0) is 16.0 Å². The van der Waals surface area contributed by atoms with Crippen LogP contribution in [0.2, 0.25) is 0 Å². The average Bonchev–Trinajstić information content (AvgIpc) is 2.75. The Labute approximate surface area is 198 Å². The second-order valence-electron chi connectivity index (χ2n) is 10.2. The van der Waals surface area contributed by atoms with E-state index in [1.54, 1.807) is 32.9 Å². The fourth-order valence-corrected chi connectivity index (χ4v) is 4.39. The summed E-state index contributed by atoms with van der Waals surface area (Å²) in [5.41, 5.74) is -0.00247. The molecule has 0 radical (unpaired) electrons. The molecule has 0 bridgehead atoms. The Balaban J connectivity index is 0.000000254. The zero-order valence-corrected chi connectivity index (χ0v) is 20.4. The van der Waals surface area contributed by atoms with E-state index in [0.717, 1.165) is 12.1 Å². The first kappa shape index (κ1) is 27.0. The zero-order valence-electron chi connectivity index (χ0n) is 20.4. The van der Waals surface area contributed by atoms with Crippen molar-refractivity contribution >= 4 is 12.1 Å². The van der Waals surface area contributed by atoms with Crippen molar-refractivity contribution in [2.45, 2.75) is 115 Å². The van der Waals surface area contributed by atoms with Crippen LogP contribution in [0.3, 0.4) is 0 Å². The molecule has 0 aromatic heterocycles. The molecule has 1 aromatic rings. The van der Waals surface area contributed by atoms with E-state index in [4.69, 9.17) is 14.9 Å². The largest absolute Gasteiger partial charge is 0.508 e. The van der Waals surface area contributed by atoms with Crippen LogP contribution < -0.4 is 10.6 Å². The molecule has 2 fully saturated rings. The van der Waals surface area contributed by atoms with E-state index in [1.807, 2.05) is 0 Å². The summed E-state index contributed by atoms with van der Waals surface area (Å²) in [4.78, 5) is 22.7. The predicted molar refractivity (Wildman–Crippen MR) is 129 cm³/mol. The molecule has 2 aliphatic rings. The molecule has 0 spiro atoms. The van der Waals surface area contributed by atoms with Crippen molar-refractivity contribution in [3.8, 4) is 5.75 Å². The molecule has 4 N–H and O–H groups in total. The maximum atomic E-state index is 11.6. The smallest absolute Gasteiger partial charge is 0.408 e. The van der Waals surface area contributed by atoms with Crippen LogP contribution in [0.1, 0.15) is 90.5 Å². The number of ether oxygens (including phenoxy) is 1. The van der Waals surface area contributed by atoms with Crippen LogP contribution in [0.15, 0.2) is 24.3 Å². The quantitative estimate of drug-likeness (QED) is 0.465. The van der Waals surface area contributed by atoms with Crippen LogP contribution >= 0.6 is 0 Å². The molecule has 1 aromatic carbocycles. The number of hydrogen-bond acceptors (Lipinski definition) is 5. The third-order valence-corrected chi connectivity index (χ3v) is 6.05. The number of benzene rings is 1. The minimum atomic E-state index is -1.15. The Bertz CT molecular complexity index is 701. The number of carboxylic acid groups (broad SMARTS) is 1. The second-order valence-corrected chi connectivity index (χ2v) is 10.2. The monoisotopic (exact) mass is 462 g/mol. The molecular formula is C26H42N2O5. The fraction of sp³-hybridized carbons (Fsp3) is 0.692. The number of carbonyl (C=O) groups excluding carboxylic acids is 1. The summed E-state index contributed by atoms with van der Waals surface area (Å²) in [7, 11) is 0. The molecule has 1 amide bonds. The van der Waals surface area contributed by atoms with Gasteiger partial charge in [0.1, 0.15) is 17.4 Å². The lowest BCUT2D eigenvalue weighted by Crippen LogP contribution is -2.44. The standard InChI is InChI=1S/C14H19NO5.C12H23N/c1-14(2,3)20-13(19)15-11(12(17)18)8-9-4-6-10(16)7-5-9;1-3-7-11(8-4-1)13-12-9-5-2-6-10-12/h4-7,11,16H,8H2,1-3H3,(H,15,19)(H,17,18);11-13H,1-10H2. The van der Waals surface area contributed by atoms with Gasteiger partial charge in [0.05, 0.1) is 0 Å². The van der Waals surface area contributed by atoms with E-state index in [1.165, 1.54) is 76.3 Å². The van der Waals surface area contributed by atoms with Gasteiger partial charge in [0.25, 0.3) is 0 Å². The normalized spacial score (nSPS) is 18.5. The van der Waals surface area contributed by atoms with E-state index >= 15 is 0 Å². The number of nitrogens with one attached hydrogen (secondary N) is 2. The number of amides is 1. The van der Waals surface area contributed by atoms with E-state index < -0.39 is 23.7 Å². The lowest BCUT2D eigenvalue weighted by atomic mass is 9.91. The van der Waals surface area contributed by atoms with Gasteiger partial charge >= 0.3 is 12.1 Å². The minimum Gasteiger partial charge on any atom is -0.508 e. The van der Waals surface area contributed by atoms with E-state index in [-0.39, 0.29) is 12.2 Å². The summed E-state index contributed by atoms with van der Waals surface area (Å²) in [5.74, 6) is -1.05. The fourth-order valence-electron chi connectivity index (χ4n) is 4.39. The Morgan fingerprint density at radius 3 is 1.85 bits per heavy atom. The molecule has 186 valence electrons. The van der Waals surface area contributed by atoms with Gasteiger partial charge in [-0.25, -0.2) is 9.59 Å². The van der Waals surface area contributed by atoms with Crippen LogP contribution in [0, 0.1) is 0 Å². The number of hydrogen-bond donors (Lipinski definition) is 4. The van der Waals surface area contributed by atoms with Crippen LogP contribution in [0.4, 0.5) is 4.79 Å². The lowest BCUT2D eigenvalue weighted by Gasteiger charge is -2.30. The molecule has 2 aliphatic carbocycles. The number of phenols is 1. The Hall–Kier alpha value is -2.28. The highest BCUT2D eigenvalue weighted by Crippen LogP contribution is 2.22.